The van der Waals surface area contributed by atoms with Gasteiger partial charge in [-0.2, -0.15) is 0 Å². The van der Waals surface area contributed by atoms with Gasteiger partial charge in [-0.05, 0) is 49.4 Å². The maximum Gasteiger partial charge on any atom is 0.317 e. The van der Waals surface area contributed by atoms with Gasteiger partial charge in [0.2, 0.25) is 0 Å². The largest absolute Gasteiger partial charge is 0.486 e. The van der Waals surface area contributed by atoms with Crippen molar-refractivity contribution in [1.82, 2.24) is 0 Å². The van der Waals surface area contributed by atoms with E-state index < -0.39 is 23.8 Å². The number of hydrogen-bond donors (Lipinski definition) is 1. The average Bonchev–Trinajstić information content (AvgIpc) is 2.68. The highest BCUT2D eigenvalue weighted by Crippen LogP contribution is 2.34. The maximum absolute atomic E-state index is 12.9. The molecule has 1 aliphatic heterocycles. The molecule has 0 bridgehead atoms. The van der Waals surface area contributed by atoms with Crippen LogP contribution in [0.15, 0.2) is 47.4 Å². The Labute approximate surface area is 160 Å². The summed E-state index contributed by atoms with van der Waals surface area (Å²) in [6, 6.07) is 10.7. The molecule has 8 heteroatoms. The summed E-state index contributed by atoms with van der Waals surface area (Å²) in [5.41, 5.74) is 0.426. The van der Waals surface area contributed by atoms with Gasteiger partial charge in [-0.1, -0.05) is 0 Å². The number of anilines is 1. The molecule has 142 valence electrons. The highest BCUT2D eigenvalue weighted by Gasteiger charge is 2.19. The summed E-state index contributed by atoms with van der Waals surface area (Å²) >= 11 is 1.28. The Balaban J connectivity index is 1.47. The zero-order chi connectivity index (χ0) is 19.2. The van der Waals surface area contributed by atoms with Crippen LogP contribution in [0.1, 0.15) is 6.92 Å². The number of thioether (sulfide) groups is 1. The second-order valence-corrected chi connectivity index (χ2v) is 6.77. The molecule has 2 aromatic carbocycles. The minimum atomic E-state index is -0.969. The third kappa shape index (κ3) is 5.37. The minimum absolute atomic E-state index is 0.0494. The van der Waals surface area contributed by atoms with Crippen LogP contribution in [0.3, 0.4) is 0 Å². The van der Waals surface area contributed by atoms with E-state index in [-0.39, 0.29) is 5.75 Å². The summed E-state index contributed by atoms with van der Waals surface area (Å²) in [6.07, 6.45) is -0.969. The molecule has 0 radical (unpaired) electrons. The van der Waals surface area contributed by atoms with Crippen LogP contribution in [0, 0.1) is 5.82 Å². The number of benzene rings is 2. The van der Waals surface area contributed by atoms with Crippen molar-refractivity contribution in [2.24, 2.45) is 0 Å². The molecule has 1 atom stereocenters. The molecule has 0 saturated heterocycles. The molecule has 0 saturated carbocycles. The van der Waals surface area contributed by atoms with Gasteiger partial charge in [-0.3, -0.25) is 9.59 Å². The molecular weight excluding hydrogens is 373 g/mol. The first-order valence-corrected chi connectivity index (χ1v) is 9.28. The van der Waals surface area contributed by atoms with Crippen molar-refractivity contribution in [1.29, 1.82) is 0 Å². The molecule has 0 unspecified atom stereocenters. The number of esters is 1. The number of rotatable bonds is 6. The van der Waals surface area contributed by atoms with Crippen LogP contribution in [0.5, 0.6) is 11.5 Å². The van der Waals surface area contributed by atoms with Crippen molar-refractivity contribution < 1.29 is 28.2 Å². The van der Waals surface area contributed by atoms with E-state index >= 15 is 0 Å². The number of fused-ring (bicyclic) bond motifs is 1. The lowest BCUT2D eigenvalue weighted by Gasteiger charge is -2.18. The summed E-state index contributed by atoms with van der Waals surface area (Å²) in [6.45, 7) is 2.49. The Morgan fingerprint density at radius 1 is 1.15 bits per heavy atom. The number of carbonyl (C=O) groups is 2. The summed E-state index contributed by atoms with van der Waals surface area (Å²) in [5.74, 6) is -0.0288. The molecule has 6 nitrogen and oxygen atoms in total. The number of nitrogens with one attached hydrogen (secondary N) is 1. The van der Waals surface area contributed by atoms with E-state index in [9.17, 15) is 14.0 Å². The second kappa shape index (κ2) is 8.77. The Morgan fingerprint density at radius 2 is 1.85 bits per heavy atom. The van der Waals surface area contributed by atoms with Crippen LogP contribution in [-0.4, -0.2) is 36.9 Å². The summed E-state index contributed by atoms with van der Waals surface area (Å²) < 4.78 is 29.0. The molecule has 3 rings (SSSR count). The minimum Gasteiger partial charge on any atom is -0.486 e. The van der Waals surface area contributed by atoms with Crippen molar-refractivity contribution in [3.05, 3.63) is 48.3 Å². The third-order valence-electron chi connectivity index (χ3n) is 3.66. The van der Waals surface area contributed by atoms with E-state index in [1.54, 1.807) is 12.1 Å². The van der Waals surface area contributed by atoms with Gasteiger partial charge in [0.1, 0.15) is 19.0 Å². The van der Waals surface area contributed by atoms with E-state index in [1.807, 2.05) is 6.07 Å². The van der Waals surface area contributed by atoms with Gasteiger partial charge in [0.25, 0.3) is 5.91 Å². The number of halogens is 1. The smallest absolute Gasteiger partial charge is 0.317 e. The van der Waals surface area contributed by atoms with E-state index in [4.69, 9.17) is 14.2 Å². The number of ether oxygens (including phenoxy) is 3. The standard InChI is InChI=1S/C19H18FNO5S/c1-12(19(23)21-14-4-2-13(20)3-5-14)26-18(22)11-27-15-6-7-16-17(10-15)25-9-8-24-16/h2-7,10,12H,8-9,11H2,1H3,(H,21,23)/t12-/m1/s1. The average molecular weight is 391 g/mol. The fraction of sp³-hybridized carbons (Fsp3) is 0.263. The number of amides is 1. The summed E-state index contributed by atoms with van der Waals surface area (Å²) in [7, 11) is 0. The first kappa shape index (κ1) is 19.0. The van der Waals surface area contributed by atoms with Crippen molar-refractivity contribution in [2.75, 3.05) is 24.3 Å². The van der Waals surface area contributed by atoms with Crippen LogP contribution >= 0.6 is 11.8 Å². The van der Waals surface area contributed by atoms with Gasteiger partial charge in [0, 0.05) is 10.6 Å². The maximum atomic E-state index is 12.9. The van der Waals surface area contributed by atoms with Crippen molar-refractivity contribution >= 4 is 29.3 Å². The molecule has 0 fully saturated rings. The van der Waals surface area contributed by atoms with Gasteiger partial charge < -0.3 is 19.5 Å². The van der Waals surface area contributed by atoms with E-state index in [1.165, 1.54) is 43.0 Å². The third-order valence-corrected chi connectivity index (χ3v) is 4.63. The van der Waals surface area contributed by atoms with Gasteiger partial charge in [0.15, 0.2) is 17.6 Å². The van der Waals surface area contributed by atoms with E-state index in [0.717, 1.165) is 4.90 Å². The SMILES string of the molecule is C[C@@H](OC(=O)CSc1ccc2c(c1)OCCO2)C(=O)Nc1ccc(F)cc1. The molecule has 0 spiro atoms. The fourth-order valence-corrected chi connectivity index (χ4v) is 3.02. The molecule has 27 heavy (non-hydrogen) atoms. The molecule has 1 aliphatic rings. The zero-order valence-corrected chi connectivity index (χ0v) is 15.4. The fourth-order valence-electron chi connectivity index (χ4n) is 2.32. The van der Waals surface area contributed by atoms with Crippen molar-refractivity contribution in [3.8, 4) is 11.5 Å². The Morgan fingerprint density at radius 3 is 2.59 bits per heavy atom. The molecule has 1 N–H and O–H groups in total. The molecular formula is C19H18FNO5S. The number of hydrogen-bond acceptors (Lipinski definition) is 6. The Kier molecular flexibility index (Phi) is 6.18. The van der Waals surface area contributed by atoms with E-state index in [0.29, 0.717) is 30.4 Å². The van der Waals surface area contributed by atoms with Gasteiger partial charge in [0.05, 0.1) is 5.75 Å². The topological polar surface area (TPSA) is 73.9 Å². The summed E-state index contributed by atoms with van der Waals surface area (Å²) in [5, 5.41) is 2.56. The zero-order valence-electron chi connectivity index (χ0n) is 14.6. The first-order valence-electron chi connectivity index (χ1n) is 8.29. The molecule has 2 aromatic rings. The Hall–Kier alpha value is -2.74. The molecule has 1 amide bonds. The van der Waals surface area contributed by atoms with Crippen molar-refractivity contribution in [3.63, 3.8) is 0 Å². The Bertz CT molecular complexity index is 827. The lowest BCUT2D eigenvalue weighted by Crippen LogP contribution is -2.30. The van der Waals surface area contributed by atoms with Crippen molar-refractivity contribution in [2.45, 2.75) is 17.9 Å². The predicted molar refractivity (Wildman–Crippen MR) is 98.7 cm³/mol. The van der Waals surface area contributed by atoms with Crippen LogP contribution in [0.2, 0.25) is 0 Å². The van der Waals surface area contributed by atoms with E-state index in [2.05, 4.69) is 5.32 Å². The highest BCUT2D eigenvalue weighted by molar-refractivity contribution is 8.00. The van der Waals surface area contributed by atoms with Gasteiger partial charge in [-0.25, -0.2) is 4.39 Å². The predicted octanol–water partition coefficient (Wildman–Crippen LogP) is 3.26. The van der Waals surface area contributed by atoms with Gasteiger partial charge in [-0.15, -0.1) is 11.8 Å². The molecule has 0 aliphatic carbocycles. The van der Waals surface area contributed by atoms with Crippen LogP contribution in [0.4, 0.5) is 10.1 Å². The number of carbonyl (C=O) groups excluding carboxylic acids is 2. The van der Waals surface area contributed by atoms with Crippen LogP contribution in [0.25, 0.3) is 0 Å². The van der Waals surface area contributed by atoms with Crippen LogP contribution < -0.4 is 14.8 Å². The quantitative estimate of drug-likeness (QED) is 0.602. The normalized spacial score (nSPS) is 13.6. The highest BCUT2D eigenvalue weighted by atomic mass is 32.2. The lowest BCUT2D eigenvalue weighted by atomic mass is 10.3. The molecule has 0 aromatic heterocycles. The first-order chi connectivity index (χ1) is 13.0. The second-order valence-electron chi connectivity index (χ2n) is 5.72. The van der Waals surface area contributed by atoms with Crippen LogP contribution in [-0.2, 0) is 14.3 Å². The molecule has 1 heterocycles. The van der Waals surface area contributed by atoms with Gasteiger partial charge >= 0.3 is 5.97 Å². The monoisotopic (exact) mass is 391 g/mol. The lowest BCUT2D eigenvalue weighted by molar-refractivity contribution is -0.150. The summed E-state index contributed by atoms with van der Waals surface area (Å²) in [4.78, 5) is 24.9.